The number of rotatable bonds is 5. The third-order valence-electron chi connectivity index (χ3n) is 4.93. The Morgan fingerprint density at radius 3 is 2.96 bits per heavy atom. The predicted molar refractivity (Wildman–Crippen MR) is 93.4 cm³/mol. The molecule has 2 aliphatic rings. The van der Waals surface area contributed by atoms with Gasteiger partial charge in [0.05, 0.1) is 25.9 Å². The largest absolute Gasteiger partial charge is 0.496 e. The number of ether oxygens (including phenoxy) is 2. The molecule has 1 aromatic carbocycles. The molecule has 24 heavy (non-hydrogen) atoms. The summed E-state index contributed by atoms with van der Waals surface area (Å²) in [5, 5.41) is 3.60. The van der Waals surface area contributed by atoms with Crippen LogP contribution in [0.3, 0.4) is 0 Å². The van der Waals surface area contributed by atoms with Crippen LogP contribution < -0.4 is 10.1 Å². The fraction of sp³-hybridized carbons (Fsp3) is 0.611. The standard InChI is InChI=1S/C18H25ClN2O3/c1-23-16-5-4-15(19)10-14(16)11-20-17(22)12-21-8-9-24-18(13-21)6-2-3-7-18/h4-5,10H,2-3,6-9,11-13H2,1H3,(H,20,22). The summed E-state index contributed by atoms with van der Waals surface area (Å²) >= 11 is 6.02. The van der Waals surface area contributed by atoms with Crippen molar-refractivity contribution in [1.29, 1.82) is 0 Å². The number of carbonyl (C=O) groups is 1. The number of morpholine rings is 1. The molecule has 0 unspecified atom stereocenters. The maximum Gasteiger partial charge on any atom is 0.234 e. The zero-order valence-corrected chi connectivity index (χ0v) is 14.9. The van der Waals surface area contributed by atoms with E-state index in [4.69, 9.17) is 21.1 Å². The summed E-state index contributed by atoms with van der Waals surface area (Å²) in [4.78, 5) is 14.5. The van der Waals surface area contributed by atoms with Crippen LogP contribution in [-0.4, -0.2) is 49.8 Å². The Kier molecular flexibility index (Phi) is 5.64. The highest BCUT2D eigenvalue weighted by Gasteiger charge is 2.39. The van der Waals surface area contributed by atoms with Crippen LogP contribution >= 0.6 is 11.6 Å². The van der Waals surface area contributed by atoms with Crippen LogP contribution in [0.25, 0.3) is 0 Å². The van der Waals surface area contributed by atoms with Gasteiger partial charge in [0, 0.05) is 30.2 Å². The van der Waals surface area contributed by atoms with Crippen molar-refractivity contribution in [2.75, 3.05) is 33.4 Å². The summed E-state index contributed by atoms with van der Waals surface area (Å²) < 4.78 is 11.3. The first-order valence-electron chi connectivity index (χ1n) is 8.56. The Balaban J connectivity index is 1.51. The van der Waals surface area contributed by atoms with Crippen LogP contribution in [0.2, 0.25) is 5.02 Å². The highest BCUT2D eigenvalue weighted by atomic mass is 35.5. The van der Waals surface area contributed by atoms with Gasteiger partial charge < -0.3 is 14.8 Å². The minimum Gasteiger partial charge on any atom is -0.496 e. The maximum atomic E-state index is 12.3. The van der Waals surface area contributed by atoms with Gasteiger partial charge in [-0.1, -0.05) is 24.4 Å². The van der Waals surface area contributed by atoms with E-state index in [1.807, 2.05) is 12.1 Å². The van der Waals surface area contributed by atoms with Gasteiger partial charge in [0.25, 0.3) is 0 Å². The first-order valence-corrected chi connectivity index (χ1v) is 8.93. The highest BCUT2D eigenvalue weighted by molar-refractivity contribution is 6.30. The first kappa shape index (κ1) is 17.5. The summed E-state index contributed by atoms with van der Waals surface area (Å²) in [6, 6.07) is 5.42. The molecule has 132 valence electrons. The van der Waals surface area contributed by atoms with Crippen molar-refractivity contribution < 1.29 is 14.3 Å². The normalized spacial score (nSPS) is 20.2. The van der Waals surface area contributed by atoms with E-state index in [1.165, 1.54) is 12.8 Å². The molecule has 0 atom stereocenters. The van der Waals surface area contributed by atoms with Crippen molar-refractivity contribution >= 4 is 17.5 Å². The number of nitrogens with one attached hydrogen (secondary N) is 1. The lowest BCUT2D eigenvalue weighted by Crippen LogP contribution is -2.52. The second kappa shape index (κ2) is 7.72. The van der Waals surface area contributed by atoms with Gasteiger partial charge in [-0.2, -0.15) is 0 Å². The minimum absolute atomic E-state index is 0.00525. The van der Waals surface area contributed by atoms with E-state index in [1.54, 1.807) is 13.2 Å². The molecule has 6 heteroatoms. The van der Waals surface area contributed by atoms with Crippen LogP contribution in [0.5, 0.6) is 5.75 Å². The van der Waals surface area contributed by atoms with Gasteiger partial charge >= 0.3 is 0 Å². The number of methoxy groups -OCH3 is 1. The Bertz CT molecular complexity index is 588. The SMILES string of the molecule is COc1ccc(Cl)cc1CNC(=O)CN1CCOC2(CCCC2)C1. The van der Waals surface area contributed by atoms with E-state index in [0.717, 1.165) is 43.9 Å². The van der Waals surface area contributed by atoms with E-state index in [2.05, 4.69) is 10.2 Å². The number of halogens is 1. The predicted octanol–water partition coefficient (Wildman–Crippen LogP) is 2.61. The minimum atomic E-state index is -0.00525. The zero-order valence-electron chi connectivity index (χ0n) is 14.1. The van der Waals surface area contributed by atoms with Crippen LogP contribution in [0, 0.1) is 0 Å². The third kappa shape index (κ3) is 4.21. The highest BCUT2D eigenvalue weighted by Crippen LogP contribution is 2.35. The number of benzene rings is 1. The van der Waals surface area contributed by atoms with Crippen LogP contribution in [0.1, 0.15) is 31.2 Å². The van der Waals surface area contributed by atoms with Crippen molar-refractivity contribution in [1.82, 2.24) is 10.2 Å². The third-order valence-corrected chi connectivity index (χ3v) is 5.16. The molecule has 0 aromatic heterocycles. The molecule has 3 rings (SSSR count). The zero-order chi connectivity index (χ0) is 17.0. The van der Waals surface area contributed by atoms with E-state index in [0.29, 0.717) is 18.1 Å². The quantitative estimate of drug-likeness (QED) is 0.885. The molecule has 5 nitrogen and oxygen atoms in total. The first-order chi connectivity index (χ1) is 11.6. The number of carbonyl (C=O) groups excluding carboxylic acids is 1. The van der Waals surface area contributed by atoms with Gasteiger partial charge in [0.2, 0.25) is 5.91 Å². The Morgan fingerprint density at radius 1 is 1.42 bits per heavy atom. The second-order valence-electron chi connectivity index (χ2n) is 6.68. The lowest BCUT2D eigenvalue weighted by Gasteiger charge is -2.40. The van der Waals surface area contributed by atoms with E-state index >= 15 is 0 Å². The summed E-state index contributed by atoms with van der Waals surface area (Å²) in [5.41, 5.74) is 0.877. The molecule has 1 aliphatic carbocycles. The molecule has 0 radical (unpaired) electrons. The molecule has 1 saturated carbocycles. The van der Waals surface area contributed by atoms with E-state index in [-0.39, 0.29) is 11.5 Å². The van der Waals surface area contributed by atoms with Gasteiger partial charge in [-0.25, -0.2) is 0 Å². The van der Waals surface area contributed by atoms with E-state index < -0.39 is 0 Å². The number of nitrogens with zero attached hydrogens (tertiary/aromatic N) is 1. The van der Waals surface area contributed by atoms with E-state index in [9.17, 15) is 4.79 Å². The van der Waals surface area contributed by atoms with Crippen LogP contribution in [0.15, 0.2) is 18.2 Å². The second-order valence-corrected chi connectivity index (χ2v) is 7.12. The maximum absolute atomic E-state index is 12.3. The molecular formula is C18H25ClN2O3. The Labute approximate surface area is 148 Å². The van der Waals surface area contributed by atoms with Crippen molar-refractivity contribution in [3.8, 4) is 5.75 Å². The molecule has 1 aliphatic heterocycles. The van der Waals surface area contributed by atoms with Crippen molar-refractivity contribution in [3.05, 3.63) is 28.8 Å². The topological polar surface area (TPSA) is 50.8 Å². The average molecular weight is 353 g/mol. The van der Waals surface area contributed by atoms with Crippen molar-refractivity contribution in [2.45, 2.75) is 37.8 Å². The molecule has 1 spiro atoms. The fourth-order valence-corrected chi connectivity index (χ4v) is 3.91. The van der Waals surface area contributed by atoms with Gasteiger partial charge in [0.15, 0.2) is 0 Å². The molecule has 0 bridgehead atoms. The monoisotopic (exact) mass is 352 g/mol. The Hall–Kier alpha value is -1.30. The molecular weight excluding hydrogens is 328 g/mol. The van der Waals surface area contributed by atoms with Gasteiger partial charge in [-0.3, -0.25) is 9.69 Å². The fourth-order valence-electron chi connectivity index (χ4n) is 3.72. The average Bonchev–Trinajstić information content (AvgIpc) is 3.00. The number of hydrogen-bond donors (Lipinski definition) is 1. The number of hydrogen-bond acceptors (Lipinski definition) is 4. The lowest BCUT2D eigenvalue weighted by molar-refractivity contribution is -0.130. The summed E-state index contributed by atoms with van der Waals surface area (Å²) in [5.74, 6) is 0.753. The molecule has 1 heterocycles. The van der Waals surface area contributed by atoms with Crippen LogP contribution in [-0.2, 0) is 16.1 Å². The molecule has 1 N–H and O–H groups in total. The van der Waals surface area contributed by atoms with Gasteiger partial charge in [-0.05, 0) is 31.0 Å². The van der Waals surface area contributed by atoms with Gasteiger partial charge in [0.1, 0.15) is 5.75 Å². The number of amides is 1. The molecule has 1 saturated heterocycles. The summed E-state index contributed by atoms with van der Waals surface area (Å²) in [7, 11) is 1.61. The summed E-state index contributed by atoms with van der Waals surface area (Å²) in [6.07, 6.45) is 4.69. The van der Waals surface area contributed by atoms with Crippen LogP contribution in [0.4, 0.5) is 0 Å². The Morgan fingerprint density at radius 2 is 2.21 bits per heavy atom. The molecule has 2 fully saturated rings. The van der Waals surface area contributed by atoms with Crippen molar-refractivity contribution in [2.24, 2.45) is 0 Å². The van der Waals surface area contributed by atoms with Gasteiger partial charge in [-0.15, -0.1) is 0 Å². The van der Waals surface area contributed by atoms with Crippen molar-refractivity contribution in [3.63, 3.8) is 0 Å². The molecule has 1 aromatic rings. The summed E-state index contributed by atoms with van der Waals surface area (Å²) in [6.45, 7) is 3.22. The lowest BCUT2D eigenvalue weighted by atomic mass is 10.00. The molecule has 1 amide bonds. The smallest absolute Gasteiger partial charge is 0.234 e.